The normalized spacial score (nSPS) is 19.0. The second-order valence-electron chi connectivity index (χ2n) is 5.95. The summed E-state index contributed by atoms with van der Waals surface area (Å²) in [5, 5.41) is 13.9. The zero-order valence-corrected chi connectivity index (χ0v) is 13.6. The van der Waals surface area contributed by atoms with Crippen LogP contribution in [0.15, 0.2) is 42.6 Å². The van der Waals surface area contributed by atoms with Gasteiger partial charge < -0.3 is 10.1 Å². The Hall–Kier alpha value is -3.40. The van der Waals surface area contributed by atoms with Gasteiger partial charge in [0.1, 0.15) is 22.9 Å². The zero-order valence-electron chi connectivity index (χ0n) is 13.6. The Balaban J connectivity index is 1.64. The standard InChI is InChI=1S/C18H16N4O3/c1-18(16(23)21-17(24)22-18)9-8-12-4-6-14(7-5-12)25-15-13(11-19)3-2-10-20-15/h2-7,10H,8-9H2,1H3,(H2,21,22,23,24). The van der Waals surface area contributed by atoms with Gasteiger partial charge in [-0.25, -0.2) is 9.78 Å². The van der Waals surface area contributed by atoms with Crippen molar-refractivity contribution in [3.8, 4) is 17.7 Å². The molecule has 2 heterocycles. The lowest BCUT2D eigenvalue weighted by atomic mass is 9.93. The fraction of sp³-hybridized carbons (Fsp3) is 0.222. The maximum absolute atomic E-state index is 11.8. The highest BCUT2D eigenvalue weighted by molar-refractivity contribution is 6.06. The van der Waals surface area contributed by atoms with Crippen LogP contribution in [0.1, 0.15) is 24.5 Å². The lowest BCUT2D eigenvalue weighted by molar-refractivity contribution is -0.123. The highest BCUT2D eigenvalue weighted by Crippen LogP contribution is 2.24. The van der Waals surface area contributed by atoms with Crippen LogP contribution >= 0.6 is 0 Å². The maximum Gasteiger partial charge on any atom is 0.322 e. The summed E-state index contributed by atoms with van der Waals surface area (Å²) in [5.74, 6) is 0.518. The van der Waals surface area contributed by atoms with E-state index in [0.29, 0.717) is 24.2 Å². The summed E-state index contributed by atoms with van der Waals surface area (Å²) in [6.45, 7) is 1.70. The second-order valence-corrected chi connectivity index (χ2v) is 5.95. The molecule has 3 rings (SSSR count). The van der Waals surface area contributed by atoms with Gasteiger partial charge in [-0.3, -0.25) is 10.1 Å². The smallest absolute Gasteiger partial charge is 0.322 e. The summed E-state index contributed by atoms with van der Waals surface area (Å²) in [6, 6.07) is 12.2. The van der Waals surface area contributed by atoms with Crippen LogP contribution < -0.4 is 15.4 Å². The molecule has 2 N–H and O–H groups in total. The number of nitriles is 1. The number of nitrogens with zero attached hydrogens (tertiary/aromatic N) is 2. The van der Waals surface area contributed by atoms with Crippen LogP contribution in [-0.4, -0.2) is 22.5 Å². The first-order valence-corrected chi connectivity index (χ1v) is 7.76. The van der Waals surface area contributed by atoms with E-state index in [0.717, 1.165) is 5.56 Å². The topological polar surface area (TPSA) is 104 Å². The molecule has 0 aliphatic carbocycles. The first-order chi connectivity index (χ1) is 12.0. The molecular formula is C18H16N4O3. The quantitative estimate of drug-likeness (QED) is 0.815. The third-order valence-electron chi connectivity index (χ3n) is 4.06. The summed E-state index contributed by atoms with van der Waals surface area (Å²) in [7, 11) is 0. The molecule has 3 amide bonds. The molecule has 1 fully saturated rings. The Kier molecular flexibility index (Phi) is 4.35. The number of ether oxygens (including phenoxy) is 1. The molecule has 1 aromatic carbocycles. The van der Waals surface area contributed by atoms with Crippen molar-refractivity contribution in [1.82, 2.24) is 15.6 Å². The number of aryl methyl sites for hydroxylation is 1. The van der Waals surface area contributed by atoms with E-state index in [1.54, 1.807) is 37.4 Å². The van der Waals surface area contributed by atoms with E-state index in [1.165, 1.54) is 0 Å². The molecule has 1 aliphatic rings. The molecule has 1 unspecified atom stereocenters. The highest BCUT2D eigenvalue weighted by atomic mass is 16.5. The SMILES string of the molecule is CC1(CCc2ccc(Oc3ncccc3C#N)cc2)NC(=O)NC1=O. The minimum Gasteiger partial charge on any atom is -0.438 e. The number of pyridine rings is 1. The summed E-state index contributed by atoms with van der Waals surface area (Å²) in [6.07, 6.45) is 2.67. The first-order valence-electron chi connectivity index (χ1n) is 7.76. The van der Waals surface area contributed by atoms with Gasteiger partial charge in [0.2, 0.25) is 5.88 Å². The Morgan fingerprint density at radius 3 is 2.64 bits per heavy atom. The second kappa shape index (κ2) is 6.61. The third kappa shape index (κ3) is 3.58. The molecule has 1 aliphatic heterocycles. The van der Waals surface area contributed by atoms with Crippen molar-refractivity contribution in [3.05, 3.63) is 53.7 Å². The molecule has 1 aromatic heterocycles. The predicted molar refractivity (Wildman–Crippen MR) is 88.9 cm³/mol. The molecule has 0 radical (unpaired) electrons. The fourth-order valence-electron chi connectivity index (χ4n) is 2.54. The zero-order chi connectivity index (χ0) is 17.9. The molecular weight excluding hydrogens is 320 g/mol. The Labute approximate surface area is 144 Å². The number of carbonyl (C=O) groups excluding carboxylic acids is 2. The van der Waals surface area contributed by atoms with Gasteiger partial charge in [-0.15, -0.1) is 0 Å². The number of rotatable bonds is 5. The monoisotopic (exact) mass is 336 g/mol. The van der Waals surface area contributed by atoms with E-state index < -0.39 is 11.6 Å². The van der Waals surface area contributed by atoms with Crippen LogP contribution in [0.3, 0.4) is 0 Å². The van der Waals surface area contributed by atoms with Crippen molar-refractivity contribution in [2.45, 2.75) is 25.3 Å². The van der Waals surface area contributed by atoms with Crippen LogP contribution in [0.5, 0.6) is 11.6 Å². The molecule has 1 atom stereocenters. The highest BCUT2D eigenvalue weighted by Gasteiger charge is 2.41. The summed E-state index contributed by atoms with van der Waals surface area (Å²) in [4.78, 5) is 27.1. The van der Waals surface area contributed by atoms with E-state index in [2.05, 4.69) is 15.6 Å². The summed E-state index contributed by atoms with van der Waals surface area (Å²) in [5.41, 5.74) is 0.480. The van der Waals surface area contributed by atoms with Crippen LogP contribution in [0, 0.1) is 11.3 Å². The van der Waals surface area contributed by atoms with Gasteiger partial charge >= 0.3 is 6.03 Å². The van der Waals surface area contributed by atoms with Crippen LogP contribution in [0.2, 0.25) is 0 Å². The van der Waals surface area contributed by atoms with Crippen molar-refractivity contribution in [2.75, 3.05) is 0 Å². The average Bonchev–Trinajstić information content (AvgIpc) is 2.87. The van der Waals surface area contributed by atoms with Gasteiger partial charge in [-0.05, 0) is 49.6 Å². The van der Waals surface area contributed by atoms with Gasteiger partial charge in [-0.1, -0.05) is 12.1 Å². The lowest BCUT2D eigenvalue weighted by Crippen LogP contribution is -2.43. The number of benzene rings is 1. The van der Waals surface area contributed by atoms with Gasteiger partial charge in [0.25, 0.3) is 5.91 Å². The minimum absolute atomic E-state index is 0.260. The van der Waals surface area contributed by atoms with Gasteiger partial charge in [0.05, 0.1) is 0 Å². The Morgan fingerprint density at radius 2 is 2.00 bits per heavy atom. The molecule has 0 saturated carbocycles. The fourth-order valence-corrected chi connectivity index (χ4v) is 2.54. The average molecular weight is 336 g/mol. The van der Waals surface area contributed by atoms with Crippen LogP contribution in [0.4, 0.5) is 4.79 Å². The largest absolute Gasteiger partial charge is 0.438 e. The Bertz CT molecular complexity index is 857. The van der Waals surface area contributed by atoms with Crippen molar-refractivity contribution >= 4 is 11.9 Å². The number of amides is 3. The maximum atomic E-state index is 11.8. The van der Waals surface area contributed by atoms with Crippen molar-refractivity contribution in [1.29, 1.82) is 5.26 Å². The van der Waals surface area contributed by atoms with Gasteiger partial charge in [0.15, 0.2) is 0 Å². The van der Waals surface area contributed by atoms with Crippen LogP contribution in [0.25, 0.3) is 0 Å². The molecule has 25 heavy (non-hydrogen) atoms. The summed E-state index contributed by atoms with van der Waals surface area (Å²) < 4.78 is 5.63. The minimum atomic E-state index is -0.887. The van der Waals surface area contributed by atoms with E-state index >= 15 is 0 Å². The van der Waals surface area contributed by atoms with Gasteiger partial charge in [0, 0.05) is 6.20 Å². The van der Waals surface area contributed by atoms with Crippen molar-refractivity contribution in [3.63, 3.8) is 0 Å². The molecule has 1 saturated heterocycles. The number of carbonyl (C=O) groups is 2. The van der Waals surface area contributed by atoms with E-state index in [1.807, 2.05) is 18.2 Å². The molecule has 0 spiro atoms. The van der Waals surface area contributed by atoms with E-state index in [9.17, 15) is 9.59 Å². The van der Waals surface area contributed by atoms with Crippen molar-refractivity contribution in [2.24, 2.45) is 0 Å². The lowest BCUT2D eigenvalue weighted by Gasteiger charge is -2.20. The first kappa shape index (κ1) is 16.5. The molecule has 7 nitrogen and oxygen atoms in total. The van der Waals surface area contributed by atoms with Crippen LogP contribution in [-0.2, 0) is 11.2 Å². The molecule has 0 bridgehead atoms. The van der Waals surface area contributed by atoms with Crippen molar-refractivity contribution < 1.29 is 14.3 Å². The molecule has 126 valence electrons. The number of hydrogen-bond donors (Lipinski definition) is 2. The van der Waals surface area contributed by atoms with Gasteiger partial charge in [-0.2, -0.15) is 5.26 Å². The van der Waals surface area contributed by atoms with E-state index in [4.69, 9.17) is 10.00 Å². The summed E-state index contributed by atoms with van der Waals surface area (Å²) >= 11 is 0. The predicted octanol–water partition coefficient (Wildman–Crippen LogP) is 2.28. The number of aromatic nitrogens is 1. The number of imide groups is 1. The number of urea groups is 1. The Morgan fingerprint density at radius 1 is 1.24 bits per heavy atom. The third-order valence-corrected chi connectivity index (χ3v) is 4.06. The molecule has 2 aromatic rings. The number of nitrogens with one attached hydrogen (secondary N) is 2. The molecule has 7 heteroatoms. The number of hydrogen-bond acceptors (Lipinski definition) is 5. The van der Waals surface area contributed by atoms with E-state index in [-0.39, 0.29) is 11.8 Å².